The summed E-state index contributed by atoms with van der Waals surface area (Å²) in [7, 11) is 2.10. The second kappa shape index (κ2) is 15.4. The van der Waals surface area contributed by atoms with Gasteiger partial charge in [0.2, 0.25) is 17.8 Å². The molecule has 208 valence electrons. The molecule has 0 unspecified atom stereocenters. The van der Waals surface area contributed by atoms with Gasteiger partial charge in [-0.05, 0) is 37.8 Å². The number of ether oxygens (including phenoxy) is 2. The maximum Gasteiger partial charge on any atom is 0.251 e. The monoisotopic (exact) mass is 525 g/mol. The van der Waals surface area contributed by atoms with Gasteiger partial charge in [-0.25, -0.2) is 0 Å². The number of rotatable bonds is 15. The van der Waals surface area contributed by atoms with E-state index in [-0.39, 0.29) is 5.91 Å². The van der Waals surface area contributed by atoms with Crippen molar-refractivity contribution in [3.8, 4) is 0 Å². The number of hydrogen-bond acceptors (Lipinski definition) is 9. The summed E-state index contributed by atoms with van der Waals surface area (Å²) < 4.78 is 11.2. The molecule has 1 amide bonds. The summed E-state index contributed by atoms with van der Waals surface area (Å²) in [5.74, 6) is 1.86. The van der Waals surface area contributed by atoms with E-state index in [0.717, 1.165) is 18.8 Å². The lowest BCUT2D eigenvalue weighted by Gasteiger charge is -2.31. The van der Waals surface area contributed by atoms with Gasteiger partial charge in [-0.15, -0.1) is 0 Å². The quantitative estimate of drug-likeness (QED) is 0.298. The zero-order chi connectivity index (χ0) is 26.4. The first-order chi connectivity index (χ1) is 18.7. The molecule has 4 rings (SSSR count). The van der Waals surface area contributed by atoms with Gasteiger partial charge >= 0.3 is 0 Å². The fourth-order valence-corrected chi connectivity index (χ4v) is 5.04. The van der Waals surface area contributed by atoms with E-state index in [2.05, 4.69) is 32.9 Å². The second-order valence-electron chi connectivity index (χ2n) is 10.1. The number of carbonyl (C=O) groups is 1. The zero-order valence-corrected chi connectivity index (χ0v) is 22.7. The van der Waals surface area contributed by atoms with Gasteiger partial charge in [-0.2, -0.15) is 15.0 Å². The van der Waals surface area contributed by atoms with Crippen LogP contribution >= 0.6 is 0 Å². The Hall–Kier alpha value is -2.98. The minimum absolute atomic E-state index is 0.0930. The molecule has 0 aliphatic heterocycles. The minimum atomic E-state index is -0.0930. The van der Waals surface area contributed by atoms with Crippen molar-refractivity contribution in [1.82, 2.24) is 20.3 Å². The van der Waals surface area contributed by atoms with Crippen molar-refractivity contribution in [2.24, 2.45) is 0 Å². The van der Waals surface area contributed by atoms with E-state index in [9.17, 15) is 4.79 Å². The fourth-order valence-electron chi connectivity index (χ4n) is 5.04. The summed E-state index contributed by atoms with van der Waals surface area (Å²) in [6.07, 6.45) is 11.1. The van der Waals surface area contributed by atoms with Crippen molar-refractivity contribution in [1.29, 1.82) is 0 Å². The van der Waals surface area contributed by atoms with Crippen LogP contribution < -0.4 is 20.9 Å². The van der Waals surface area contributed by atoms with Gasteiger partial charge in [-0.3, -0.25) is 4.79 Å². The predicted molar refractivity (Wildman–Crippen MR) is 150 cm³/mol. The van der Waals surface area contributed by atoms with E-state index in [1.807, 2.05) is 18.2 Å². The third-order valence-corrected chi connectivity index (χ3v) is 7.22. The average molecular weight is 526 g/mol. The van der Waals surface area contributed by atoms with E-state index in [0.29, 0.717) is 69.1 Å². The molecule has 1 heterocycles. The lowest BCUT2D eigenvalue weighted by atomic mass is 9.95. The molecule has 1 aromatic heterocycles. The third-order valence-electron chi connectivity index (χ3n) is 7.22. The molecule has 0 atom stereocenters. The molecule has 2 aromatic rings. The first-order valence-electron chi connectivity index (χ1n) is 14.2. The molecule has 0 radical (unpaired) electrons. The van der Waals surface area contributed by atoms with Crippen LogP contribution in [0.5, 0.6) is 0 Å². The molecule has 2 fully saturated rings. The zero-order valence-electron chi connectivity index (χ0n) is 22.7. The first-order valence-corrected chi connectivity index (χ1v) is 14.2. The maximum atomic E-state index is 12.0. The van der Waals surface area contributed by atoms with Crippen molar-refractivity contribution < 1.29 is 14.3 Å². The number of nitrogens with zero attached hydrogens (tertiary/aromatic N) is 4. The van der Waals surface area contributed by atoms with Crippen LogP contribution in [0.4, 0.5) is 17.8 Å². The van der Waals surface area contributed by atoms with Gasteiger partial charge in [0.05, 0.1) is 26.4 Å². The topological polar surface area (TPSA) is 114 Å². The molecule has 0 bridgehead atoms. The SMILES string of the molecule is CN(c1nc(NCCOCCOCCNC(=O)c2ccccc2)nc(NC2CCCC2)n1)C1CCCCC1. The maximum absolute atomic E-state index is 12.0. The van der Waals surface area contributed by atoms with E-state index in [4.69, 9.17) is 19.4 Å². The summed E-state index contributed by atoms with van der Waals surface area (Å²) in [6, 6.07) is 10.1. The lowest BCUT2D eigenvalue weighted by molar-refractivity contribution is 0.0519. The number of amides is 1. The number of anilines is 3. The Balaban J connectivity index is 1.15. The standard InChI is InChI=1S/C28H43N7O3/c1-35(24-14-6-3-7-15-24)28-33-26(32-27(34-28)31-23-12-8-9-13-23)30-17-19-38-21-20-37-18-16-29-25(36)22-10-4-2-5-11-22/h2,4-5,10-11,23-24H,3,6-9,12-21H2,1H3,(H,29,36)(H2,30,31,32,33,34). The fraction of sp³-hybridized carbons (Fsp3) is 0.643. The molecule has 2 saturated carbocycles. The summed E-state index contributed by atoms with van der Waals surface area (Å²) in [4.78, 5) is 28.4. The number of nitrogens with one attached hydrogen (secondary N) is 3. The average Bonchev–Trinajstić information content (AvgIpc) is 3.47. The summed E-state index contributed by atoms with van der Waals surface area (Å²) in [5, 5.41) is 9.68. The van der Waals surface area contributed by atoms with Crippen LogP contribution in [0.25, 0.3) is 0 Å². The van der Waals surface area contributed by atoms with Crippen LogP contribution in [0.2, 0.25) is 0 Å². The highest BCUT2D eigenvalue weighted by Crippen LogP contribution is 2.26. The van der Waals surface area contributed by atoms with Crippen LogP contribution in [-0.4, -0.2) is 79.5 Å². The van der Waals surface area contributed by atoms with Gasteiger partial charge < -0.3 is 30.3 Å². The smallest absolute Gasteiger partial charge is 0.251 e. The summed E-state index contributed by atoms with van der Waals surface area (Å²) in [6.45, 7) is 2.96. The van der Waals surface area contributed by atoms with Gasteiger partial charge in [0.15, 0.2) is 0 Å². The molecule has 10 heteroatoms. The molecule has 38 heavy (non-hydrogen) atoms. The molecule has 2 aliphatic rings. The Bertz CT molecular complexity index is 966. The Labute approximate surface area is 226 Å². The Kier molecular flexibility index (Phi) is 11.4. The van der Waals surface area contributed by atoms with Gasteiger partial charge in [0.25, 0.3) is 5.91 Å². The van der Waals surface area contributed by atoms with Gasteiger partial charge in [0, 0.05) is 37.8 Å². The molecule has 3 N–H and O–H groups in total. The molecule has 10 nitrogen and oxygen atoms in total. The Morgan fingerprint density at radius 1 is 0.842 bits per heavy atom. The number of aromatic nitrogens is 3. The minimum Gasteiger partial charge on any atom is -0.377 e. The van der Waals surface area contributed by atoms with E-state index in [1.165, 1.54) is 44.9 Å². The van der Waals surface area contributed by atoms with Crippen molar-refractivity contribution in [2.45, 2.75) is 69.9 Å². The van der Waals surface area contributed by atoms with Crippen molar-refractivity contribution >= 4 is 23.8 Å². The molecular formula is C28H43N7O3. The predicted octanol–water partition coefficient (Wildman–Crippen LogP) is 3.87. The van der Waals surface area contributed by atoms with Gasteiger partial charge in [0.1, 0.15) is 0 Å². The first kappa shape index (κ1) is 28.0. The van der Waals surface area contributed by atoms with E-state index < -0.39 is 0 Å². The summed E-state index contributed by atoms with van der Waals surface area (Å²) >= 11 is 0. The van der Waals surface area contributed by atoms with E-state index in [1.54, 1.807) is 12.1 Å². The number of carbonyl (C=O) groups excluding carboxylic acids is 1. The number of hydrogen-bond donors (Lipinski definition) is 3. The largest absolute Gasteiger partial charge is 0.377 e. The highest BCUT2D eigenvalue weighted by Gasteiger charge is 2.22. The third kappa shape index (κ3) is 9.09. The molecule has 2 aliphatic carbocycles. The molecule has 0 saturated heterocycles. The highest BCUT2D eigenvalue weighted by molar-refractivity contribution is 5.94. The normalized spacial score (nSPS) is 16.3. The highest BCUT2D eigenvalue weighted by atomic mass is 16.5. The molecular weight excluding hydrogens is 482 g/mol. The van der Waals surface area contributed by atoms with Crippen molar-refractivity contribution in [3.63, 3.8) is 0 Å². The Morgan fingerprint density at radius 3 is 2.24 bits per heavy atom. The van der Waals surface area contributed by atoms with Crippen LogP contribution in [0.3, 0.4) is 0 Å². The van der Waals surface area contributed by atoms with Crippen molar-refractivity contribution in [3.05, 3.63) is 35.9 Å². The van der Waals surface area contributed by atoms with Crippen LogP contribution in [-0.2, 0) is 9.47 Å². The summed E-state index contributed by atoms with van der Waals surface area (Å²) in [5.41, 5.74) is 0.649. The van der Waals surface area contributed by atoms with Crippen molar-refractivity contribution in [2.75, 3.05) is 62.1 Å². The number of benzene rings is 1. The molecule has 0 spiro atoms. The van der Waals surface area contributed by atoms with Crippen LogP contribution in [0, 0.1) is 0 Å². The van der Waals surface area contributed by atoms with Crippen LogP contribution in [0.15, 0.2) is 30.3 Å². The Morgan fingerprint density at radius 2 is 1.50 bits per heavy atom. The van der Waals surface area contributed by atoms with Gasteiger partial charge in [-0.1, -0.05) is 50.3 Å². The van der Waals surface area contributed by atoms with E-state index >= 15 is 0 Å². The van der Waals surface area contributed by atoms with Crippen LogP contribution in [0.1, 0.15) is 68.1 Å². The lowest BCUT2D eigenvalue weighted by Crippen LogP contribution is -2.35. The second-order valence-corrected chi connectivity index (χ2v) is 10.1. The molecule has 1 aromatic carbocycles.